The molecule has 0 unspecified atom stereocenters. The van der Waals surface area contributed by atoms with Crippen molar-refractivity contribution in [3.8, 4) is 10.6 Å². The van der Waals surface area contributed by atoms with Gasteiger partial charge in [-0.25, -0.2) is 4.39 Å². The third kappa shape index (κ3) is 3.34. The van der Waals surface area contributed by atoms with Crippen LogP contribution in [0.2, 0.25) is 0 Å². The lowest BCUT2D eigenvalue weighted by Crippen LogP contribution is -2.01. The molecular weight excluding hydrogens is 335 g/mol. The molecule has 124 valence electrons. The molecule has 0 amide bonds. The summed E-state index contributed by atoms with van der Waals surface area (Å²) in [5.74, 6) is -0.275. The number of rotatable bonds is 4. The van der Waals surface area contributed by atoms with Gasteiger partial charge in [0.15, 0.2) is 0 Å². The Bertz CT molecular complexity index is 1030. The monoisotopic (exact) mass is 350 g/mol. The number of benzene rings is 2. The van der Waals surface area contributed by atoms with E-state index in [-0.39, 0.29) is 5.82 Å². The number of hydrogen-bond acceptors (Lipinski definition) is 5. The molecule has 0 fully saturated rings. The summed E-state index contributed by atoms with van der Waals surface area (Å²) in [5, 5.41) is 14.4. The van der Waals surface area contributed by atoms with Crippen LogP contribution in [0.3, 0.4) is 0 Å². The summed E-state index contributed by atoms with van der Waals surface area (Å²) >= 11 is 1.54. The highest BCUT2D eigenvalue weighted by molar-refractivity contribution is 7.14. The van der Waals surface area contributed by atoms with E-state index >= 15 is 0 Å². The highest BCUT2D eigenvalue weighted by Gasteiger charge is 2.09. The van der Waals surface area contributed by atoms with E-state index in [0.717, 1.165) is 37.9 Å². The summed E-state index contributed by atoms with van der Waals surface area (Å²) in [6.07, 6.45) is 0. The average molecular weight is 350 g/mol. The smallest absolute Gasteiger partial charge is 0.147 e. The van der Waals surface area contributed by atoms with E-state index in [4.69, 9.17) is 0 Å². The first kappa shape index (κ1) is 15.7. The molecule has 2 heterocycles. The molecule has 25 heavy (non-hydrogen) atoms. The molecule has 6 heteroatoms. The topological polar surface area (TPSA) is 50.7 Å². The number of nitrogens with zero attached hydrogens (tertiary/aromatic N) is 3. The van der Waals surface area contributed by atoms with E-state index in [9.17, 15) is 4.39 Å². The van der Waals surface area contributed by atoms with Gasteiger partial charge in [-0.05, 0) is 31.2 Å². The van der Waals surface area contributed by atoms with Gasteiger partial charge in [-0.15, -0.1) is 10.2 Å². The molecule has 0 radical (unpaired) electrons. The van der Waals surface area contributed by atoms with E-state index < -0.39 is 0 Å². The molecule has 0 atom stereocenters. The van der Waals surface area contributed by atoms with E-state index in [1.165, 1.54) is 12.1 Å². The molecule has 0 aliphatic heterocycles. The van der Waals surface area contributed by atoms with Crippen LogP contribution in [-0.4, -0.2) is 15.2 Å². The van der Waals surface area contributed by atoms with Gasteiger partial charge in [-0.1, -0.05) is 41.7 Å². The molecule has 4 aromatic rings. The van der Waals surface area contributed by atoms with E-state index in [1.54, 1.807) is 17.4 Å². The molecule has 0 saturated heterocycles. The second kappa shape index (κ2) is 6.57. The number of aryl methyl sites for hydroxylation is 1. The standard InChI is InChI=1S/C19H15FN4S/c1-12-9-17(15-10-14(20)7-8-16(15)22-12)21-11-18-23-24-19(25-18)13-5-3-2-4-6-13/h2-10H,11H2,1H3,(H,21,22). The molecule has 4 rings (SSSR count). The Balaban J connectivity index is 1.59. The Kier molecular flexibility index (Phi) is 4.11. The van der Waals surface area contributed by atoms with Crippen molar-refractivity contribution in [2.75, 3.05) is 5.32 Å². The first-order valence-electron chi connectivity index (χ1n) is 7.87. The van der Waals surface area contributed by atoms with Gasteiger partial charge in [0.2, 0.25) is 0 Å². The maximum atomic E-state index is 13.6. The molecule has 4 nitrogen and oxygen atoms in total. The predicted octanol–water partition coefficient (Wildman–Crippen LogP) is 4.81. The van der Waals surface area contributed by atoms with Crippen LogP contribution in [0.5, 0.6) is 0 Å². The van der Waals surface area contributed by atoms with Crippen molar-refractivity contribution in [3.05, 3.63) is 71.1 Å². The van der Waals surface area contributed by atoms with Crippen LogP contribution in [-0.2, 0) is 6.54 Å². The molecule has 0 bridgehead atoms. The summed E-state index contributed by atoms with van der Waals surface area (Å²) in [5.41, 5.74) is 3.55. The lowest BCUT2D eigenvalue weighted by atomic mass is 10.1. The molecule has 2 aromatic carbocycles. The number of pyridine rings is 1. The van der Waals surface area contributed by atoms with E-state index in [2.05, 4.69) is 20.5 Å². The van der Waals surface area contributed by atoms with Crippen LogP contribution in [0, 0.1) is 12.7 Å². The number of aromatic nitrogens is 3. The van der Waals surface area contributed by atoms with Crippen LogP contribution in [0.15, 0.2) is 54.6 Å². The van der Waals surface area contributed by atoms with Gasteiger partial charge in [-0.3, -0.25) is 4.98 Å². The van der Waals surface area contributed by atoms with Crippen LogP contribution >= 0.6 is 11.3 Å². The predicted molar refractivity (Wildman–Crippen MR) is 99.1 cm³/mol. The van der Waals surface area contributed by atoms with Crippen LogP contribution < -0.4 is 5.32 Å². The number of nitrogens with one attached hydrogen (secondary N) is 1. The first-order valence-corrected chi connectivity index (χ1v) is 8.69. The minimum atomic E-state index is -0.275. The van der Waals surface area contributed by atoms with Crippen molar-refractivity contribution in [2.24, 2.45) is 0 Å². The molecule has 0 spiro atoms. The quantitative estimate of drug-likeness (QED) is 0.574. The second-order valence-electron chi connectivity index (χ2n) is 5.69. The average Bonchev–Trinajstić information content (AvgIpc) is 3.10. The van der Waals surface area contributed by atoms with Crippen LogP contribution in [0.4, 0.5) is 10.1 Å². The third-order valence-electron chi connectivity index (χ3n) is 3.82. The van der Waals surface area contributed by atoms with Gasteiger partial charge in [0.25, 0.3) is 0 Å². The Labute approximate surface area is 148 Å². The van der Waals surface area contributed by atoms with Crippen molar-refractivity contribution in [2.45, 2.75) is 13.5 Å². The van der Waals surface area contributed by atoms with Gasteiger partial charge < -0.3 is 5.32 Å². The van der Waals surface area contributed by atoms with Crippen molar-refractivity contribution < 1.29 is 4.39 Å². The molecule has 0 aliphatic carbocycles. The fourth-order valence-corrected chi connectivity index (χ4v) is 3.45. The van der Waals surface area contributed by atoms with Crippen molar-refractivity contribution in [1.29, 1.82) is 0 Å². The van der Waals surface area contributed by atoms with Crippen molar-refractivity contribution >= 4 is 27.9 Å². The Morgan fingerprint density at radius 2 is 1.88 bits per heavy atom. The Morgan fingerprint density at radius 1 is 1.04 bits per heavy atom. The Morgan fingerprint density at radius 3 is 2.72 bits per heavy atom. The molecule has 0 aliphatic rings. The molecule has 2 aromatic heterocycles. The molecule has 0 saturated carbocycles. The zero-order valence-corrected chi connectivity index (χ0v) is 14.3. The summed E-state index contributed by atoms with van der Waals surface area (Å²) < 4.78 is 13.6. The molecule has 1 N–H and O–H groups in total. The first-order chi connectivity index (χ1) is 12.2. The van der Waals surface area contributed by atoms with E-state index in [1.807, 2.05) is 43.3 Å². The zero-order valence-electron chi connectivity index (χ0n) is 13.5. The number of halogens is 1. The van der Waals surface area contributed by atoms with Gasteiger partial charge in [-0.2, -0.15) is 0 Å². The van der Waals surface area contributed by atoms with Crippen molar-refractivity contribution in [3.63, 3.8) is 0 Å². The fraction of sp³-hybridized carbons (Fsp3) is 0.105. The highest BCUT2D eigenvalue weighted by Crippen LogP contribution is 2.26. The minimum absolute atomic E-state index is 0.275. The summed E-state index contributed by atoms with van der Waals surface area (Å²) in [6, 6.07) is 16.5. The number of fused-ring (bicyclic) bond motifs is 1. The van der Waals surface area contributed by atoms with Gasteiger partial charge in [0.1, 0.15) is 15.8 Å². The summed E-state index contributed by atoms with van der Waals surface area (Å²) in [7, 11) is 0. The van der Waals surface area contributed by atoms with Gasteiger partial charge >= 0.3 is 0 Å². The molecular formula is C19H15FN4S. The van der Waals surface area contributed by atoms with Gasteiger partial charge in [0, 0.05) is 22.3 Å². The SMILES string of the molecule is Cc1cc(NCc2nnc(-c3ccccc3)s2)c2cc(F)ccc2n1. The highest BCUT2D eigenvalue weighted by atomic mass is 32.1. The van der Waals surface area contributed by atoms with Crippen LogP contribution in [0.25, 0.3) is 21.5 Å². The second-order valence-corrected chi connectivity index (χ2v) is 6.76. The minimum Gasteiger partial charge on any atom is -0.378 e. The third-order valence-corrected chi connectivity index (χ3v) is 4.79. The Hall–Kier alpha value is -2.86. The lowest BCUT2D eigenvalue weighted by Gasteiger charge is -2.09. The lowest BCUT2D eigenvalue weighted by molar-refractivity contribution is 0.629. The number of hydrogen-bond donors (Lipinski definition) is 1. The summed E-state index contributed by atoms with van der Waals surface area (Å²) in [4.78, 5) is 4.44. The fourth-order valence-electron chi connectivity index (χ4n) is 2.67. The summed E-state index contributed by atoms with van der Waals surface area (Å²) in [6.45, 7) is 2.45. The van der Waals surface area contributed by atoms with E-state index in [0.29, 0.717) is 6.54 Å². The maximum Gasteiger partial charge on any atom is 0.147 e. The normalized spacial score (nSPS) is 11.0. The van der Waals surface area contributed by atoms with Crippen LogP contribution in [0.1, 0.15) is 10.7 Å². The zero-order chi connectivity index (χ0) is 17.2. The largest absolute Gasteiger partial charge is 0.378 e. The maximum absolute atomic E-state index is 13.6. The number of anilines is 1. The van der Waals surface area contributed by atoms with Crippen molar-refractivity contribution in [1.82, 2.24) is 15.2 Å². The van der Waals surface area contributed by atoms with Gasteiger partial charge in [0.05, 0.1) is 12.1 Å².